The van der Waals surface area contributed by atoms with Crippen LogP contribution in [0.25, 0.3) is 0 Å². The number of carboxylic acids is 1. The van der Waals surface area contributed by atoms with E-state index in [9.17, 15) is 9.59 Å². The Balaban J connectivity index is 1.97. The van der Waals surface area contributed by atoms with Crippen molar-refractivity contribution in [2.24, 2.45) is 0 Å². The van der Waals surface area contributed by atoms with Crippen molar-refractivity contribution < 1.29 is 14.7 Å². The second-order valence-corrected chi connectivity index (χ2v) is 4.77. The van der Waals surface area contributed by atoms with Crippen LogP contribution in [0.1, 0.15) is 23.3 Å². The molecule has 0 aliphatic carbocycles. The summed E-state index contributed by atoms with van der Waals surface area (Å²) in [7, 11) is 0. The van der Waals surface area contributed by atoms with E-state index in [1.807, 2.05) is 0 Å². The van der Waals surface area contributed by atoms with Gasteiger partial charge in [0.15, 0.2) is 5.82 Å². The Bertz CT molecular complexity index is 412. The van der Waals surface area contributed by atoms with Crippen LogP contribution in [0.2, 0.25) is 0 Å². The predicted octanol–water partition coefficient (Wildman–Crippen LogP) is 0.942. The molecule has 1 aliphatic heterocycles. The van der Waals surface area contributed by atoms with E-state index in [0.717, 1.165) is 18.6 Å². The molecule has 86 valence electrons. The lowest BCUT2D eigenvalue weighted by molar-refractivity contribution is -0.115. The minimum absolute atomic E-state index is 0.0330. The Morgan fingerprint density at radius 3 is 3.00 bits per heavy atom. The molecule has 16 heavy (non-hydrogen) atoms. The van der Waals surface area contributed by atoms with Crippen molar-refractivity contribution in [2.45, 2.75) is 18.1 Å². The Morgan fingerprint density at radius 1 is 1.62 bits per heavy atom. The molecular formula is C9H11N3O3S. The molecule has 2 heterocycles. The number of anilines is 1. The summed E-state index contributed by atoms with van der Waals surface area (Å²) in [5, 5.41) is 17.2. The van der Waals surface area contributed by atoms with E-state index in [4.69, 9.17) is 5.11 Å². The van der Waals surface area contributed by atoms with Crippen LogP contribution < -0.4 is 5.32 Å². The van der Waals surface area contributed by atoms with Gasteiger partial charge in [-0.25, -0.2) is 4.79 Å². The maximum atomic E-state index is 11.7. The quantitative estimate of drug-likeness (QED) is 0.732. The van der Waals surface area contributed by atoms with E-state index in [2.05, 4.69) is 15.5 Å². The number of aromatic carboxylic acids is 1. The van der Waals surface area contributed by atoms with E-state index in [1.165, 1.54) is 6.07 Å². The zero-order valence-corrected chi connectivity index (χ0v) is 9.21. The van der Waals surface area contributed by atoms with Crippen LogP contribution in [0.4, 0.5) is 5.82 Å². The van der Waals surface area contributed by atoms with Crippen LogP contribution in [-0.4, -0.2) is 38.2 Å². The van der Waals surface area contributed by atoms with Crippen LogP contribution in [0.3, 0.4) is 0 Å². The first-order chi connectivity index (χ1) is 7.66. The second-order valence-electron chi connectivity index (χ2n) is 3.46. The van der Waals surface area contributed by atoms with Crippen molar-refractivity contribution in [1.82, 2.24) is 10.2 Å². The first kappa shape index (κ1) is 11.0. The van der Waals surface area contributed by atoms with Crippen molar-refractivity contribution in [3.63, 3.8) is 0 Å². The topological polar surface area (TPSA) is 95.1 Å². The average molecular weight is 241 g/mol. The summed E-state index contributed by atoms with van der Waals surface area (Å²) in [6, 6.07) is 1.31. The SMILES string of the molecule is O=C(O)c1cc(NC(=O)C2CCCS2)n[nH]1. The molecule has 0 saturated carbocycles. The lowest BCUT2D eigenvalue weighted by Gasteiger charge is -2.06. The average Bonchev–Trinajstić information content (AvgIpc) is 2.87. The summed E-state index contributed by atoms with van der Waals surface area (Å²) in [5.74, 6) is 0.0584. The van der Waals surface area contributed by atoms with E-state index in [0.29, 0.717) is 0 Å². The number of amides is 1. The van der Waals surface area contributed by atoms with Gasteiger partial charge in [-0.3, -0.25) is 9.89 Å². The summed E-state index contributed by atoms with van der Waals surface area (Å²) in [5.41, 5.74) is -0.0330. The maximum Gasteiger partial charge on any atom is 0.353 e. The van der Waals surface area contributed by atoms with Gasteiger partial charge in [-0.2, -0.15) is 5.10 Å². The molecule has 1 unspecified atom stereocenters. The number of aromatic nitrogens is 2. The highest BCUT2D eigenvalue weighted by atomic mass is 32.2. The van der Waals surface area contributed by atoms with Gasteiger partial charge in [-0.15, -0.1) is 11.8 Å². The van der Waals surface area contributed by atoms with Crippen molar-refractivity contribution in [3.8, 4) is 0 Å². The zero-order valence-electron chi connectivity index (χ0n) is 8.40. The molecule has 1 aromatic rings. The van der Waals surface area contributed by atoms with E-state index < -0.39 is 5.97 Å². The molecule has 6 nitrogen and oxygen atoms in total. The molecule has 0 aromatic carbocycles. The van der Waals surface area contributed by atoms with Crippen LogP contribution in [-0.2, 0) is 4.79 Å². The number of nitrogens with zero attached hydrogens (tertiary/aromatic N) is 1. The molecule has 1 saturated heterocycles. The standard InChI is InChI=1S/C9H11N3O3S/c13-8(6-2-1-3-16-6)10-7-4-5(9(14)15)11-12-7/h4,6H,1-3H2,(H,14,15)(H2,10,11,12,13). The molecule has 0 radical (unpaired) electrons. The Hall–Kier alpha value is -1.50. The number of carbonyl (C=O) groups is 2. The van der Waals surface area contributed by atoms with E-state index in [1.54, 1.807) is 11.8 Å². The summed E-state index contributed by atoms with van der Waals surface area (Å²) >= 11 is 1.62. The van der Waals surface area contributed by atoms with Gasteiger partial charge in [0.1, 0.15) is 5.69 Å². The number of hydrogen-bond donors (Lipinski definition) is 3. The molecule has 0 bridgehead atoms. The number of carboxylic acid groups (broad SMARTS) is 1. The fourth-order valence-electron chi connectivity index (χ4n) is 1.49. The Labute approximate surface area is 95.8 Å². The third-order valence-electron chi connectivity index (χ3n) is 2.28. The van der Waals surface area contributed by atoms with Gasteiger partial charge >= 0.3 is 5.97 Å². The van der Waals surface area contributed by atoms with Gasteiger partial charge in [0, 0.05) is 6.07 Å². The van der Waals surface area contributed by atoms with E-state index >= 15 is 0 Å². The minimum atomic E-state index is -1.09. The molecule has 1 fully saturated rings. The van der Waals surface area contributed by atoms with Gasteiger partial charge < -0.3 is 10.4 Å². The van der Waals surface area contributed by atoms with E-state index in [-0.39, 0.29) is 22.7 Å². The normalized spacial score (nSPS) is 19.6. The first-order valence-electron chi connectivity index (χ1n) is 4.88. The predicted molar refractivity (Wildman–Crippen MR) is 59.7 cm³/mol. The van der Waals surface area contributed by atoms with Crippen molar-refractivity contribution >= 4 is 29.5 Å². The van der Waals surface area contributed by atoms with Gasteiger partial charge in [0.2, 0.25) is 5.91 Å². The van der Waals surface area contributed by atoms with Gasteiger partial charge in [-0.1, -0.05) is 0 Å². The number of aromatic amines is 1. The van der Waals surface area contributed by atoms with Gasteiger partial charge in [0.05, 0.1) is 5.25 Å². The number of H-pyrrole nitrogens is 1. The van der Waals surface area contributed by atoms with Crippen LogP contribution >= 0.6 is 11.8 Å². The summed E-state index contributed by atoms with van der Waals surface area (Å²) < 4.78 is 0. The molecule has 1 aromatic heterocycles. The zero-order chi connectivity index (χ0) is 11.5. The van der Waals surface area contributed by atoms with Crippen LogP contribution in [0, 0.1) is 0 Å². The summed E-state index contributed by atoms with van der Waals surface area (Å²) in [6.07, 6.45) is 1.91. The van der Waals surface area contributed by atoms with Gasteiger partial charge in [-0.05, 0) is 18.6 Å². The largest absolute Gasteiger partial charge is 0.477 e. The Morgan fingerprint density at radius 2 is 2.44 bits per heavy atom. The fraction of sp³-hybridized carbons (Fsp3) is 0.444. The van der Waals surface area contributed by atoms with Crippen molar-refractivity contribution in [2.75, 3.05) is 11.1 Å². The molecular weight excluding hydrogens is 230 g/mol. The fourth-order valence-corrected chi connectivity index (χ4v) is 2.65. The number of nitrogens with one attached hydrogen (secondary N) is 2. The number of rotatable bonds is 3. The third-order valence-corrected chi connectivity index (χ3v) is 3.66. The minimum Gasteiger partial charge on any atom is -0.477 e. The summed E-state index contributed by atoms with van der Waals surface area (Å²) in [6.45, 7) is 0. The molecule has 1 amide bonds. The third kappa shape index (κ3) is 2.35. The monoisotopic (exact) mass is 241 g/mol. The van der Waals surface area contributed by atoms with Crippen LogP contribution in [0.5, 0.6) is 0 Å². The van der Waals surface area contributed by atoms with Crippen molar-refractivity contribution in [3.05, 3.63) is 11.8 Å². The smallest absolute Gasteiger partial charge is 0.353 e. The maximum absolute atomic E-state index is 11.7. The summed E-state index contributed by atoms with van der Waals surface area (Å²) in [4.78, 5) is 22.2. The molecule has 1 aliphatic rings. The first-order valence-corrected chi connectivity index (χ1v) is 5.93. The lowest BCUT2D eigenvalue weighted by Crippen LogP contribution is -2.23. The molecule has 3 N–H and O–H groups in total. The lowest BCUT2D eigenvalue weighted by atomic mass is 10.2. The number of hydrogen-bond acceptors (Lipinski definition) is 4. The van der Waals surface area contributed by atoms with Crippen LogP contribution in [0.15, 0.2) is 6.07 Å². The number of thioether (sulfide) groups is 1. The highest BCUT2D eigenvalue weighted by molar-refractivity contribution is 8.00. The number of carbonyl (C=O) groups excluding carboxylic acids is 1. The Kier molecular flexibility index (Phi) is 3.14. The highest BCUT2D eigenvalue weighted by Gasteiger charge is 2.24. The molecule has 1 atom stereocenters. The molecule has 7 heteroatoms. The van der Waals surface area contributed by atoms with Gasteiger partial charge in [0.25, 0.3) is 0 Å². The van der Waals surface area contributed by atoms with Crippen molar-refractivity contribution in [1.29, 1.82) is 0 Å². The second kappa shape index (κ2) is 4.56. The highest BCUT2D eigenvalue weighted by Crippen LogP contribution is 2.26. The molecule has 2 rings (SSSR count). The molecule has 0 spiro atoms.